The first kappa shape index (κ1) is 22.9. The van der Waals surface area contributed by atoms with Crippen LogP contribution in [-0.4, -0.2) is 38.1 Å². The van der Waals surface area contributed by atoms with E-state index in [4.69, 9.17) is 11.5 Å². The van der Waals surface area contributed by atoms with Crippen LogP contribution < -0.4 is 21.7 Å². The number of anilines is 1. The highest BCUT2D eigenvalue weighted by Crippen LogP contribution is 2.38. The number of halogens is 3. The van der Waals surface area contributed by atoms with E-state index in [1.807, 2.05) is 30.2 Å². The molecule has 2 aliphatic rings. The van der Waals surface area contributed by atoms with Crippen molar-refractivity contribution >= 4 is 17.5 Å². The summed E-state index contributed by atoms with van der Waals surface area (Å²) in [5, 5.41) is 3.23. The Morgan fingerprint density at radius 3 is 2.77 bits per heavy atom. The first-order valence-corrected chi connectivity index (χ1v) is 10.4. The number of hydrogen-bond donors (Lipinski definition) is 3. The van der Waals surface area contributed by atoms with E-state index in [2.05, 4.69) is 29.0 Å². The summed E-state index contributed by atoms with van der Waals surface area (Å²) in [5.74, 6) is -0.444. The summed E-state index contributed by atoms with van der Waals surface area (Å²) < 4.78 is 38.3. The van der Waals surface area contributed by atoms with E-state index < -0.39 is 18.5 Å². The van der Waals surface area contributed by atoms with Gasteiger partial charge in [0.1, 0.15) is 0 Å². The first-order valence-electron chi connectivity index (χ1n) is 10.4. The molecule has 2 atom stereocenters. The van der Waals surface area contributed by atoms with Gasteiger partial charge in [0.25, 0.3) is 0 Å². The normalized spacial score (nSPS) is 22.2. The van der Waals surface area contributed by atoms with Crippen molar-refractivity contribution in [1.29, 1.82) is 0 Å². The third-order valence-corrected chi connectivity index (χ3v) is 5.65. The predicted molar refractivity (Wildman–Crippen MR) is 121 cm³/mol. The molecule has 0 amide bonds. The summed E-state index contributed by atoms with van der Waals surface area (Å²) in [5.41, 5.74) is 16.4. The first-order chi connectivity index (χ1) is 14.7. The molecule has 0 spiro atoms. The zero-order valence-electron chi connectivity index (χ0n) is 17.8. The molecular weight excluding hydrogens is 403 g/mol. The lowest BCUT2D eigenvalue weighted by atomic mass is 9.98. The molecule has 0 aromatic heterocycles. The zero-order chi connectivity index (χ0) is 22.6. The Morgan fingerprint density at radius 2 is 2.16 bits per heavy atom. The van der Waals surface area contributed by atoms with E-state index in [9.17, 15) is 13.2 Å². The van der Waals surface area contributed by atoms with Gasteiger partial charge < -0.3 is 21.7 Å². The second kappa shape index (κ2) is 9.60. The number of dihydropyridines is 1. The highest BCUT2D eigenvalue weighted by Gasteiger charge is 2.37. The van der Waals surface area contributed by atoms with E-state index in [0.717, 1.165) is 34.5 Å². The maximum atomic E-state index is 12.8. The van der Waals surface area contributed by atoms with Crippen molar-refractivity contribution in [3.63, 3.8) is 0 Å². The molecule has 1 saturated heterocycles. The van der Waals surface area contributed by atoms with Crippen molar-refractivity contribution in [3.8, 4) is 0 Å². The number of allylic oxidation sites excluding steroid dienone is 2. The van der Waals surface area contributed by atoms with Crippen LogP contribution in [0.5, 0.6) is 0 Å². The summed E-state index contributed by atoms with van der Waals surface area (Å²) in [6, 6.07) is 6.17. The molecule has 0 bridgehead atoms. The second-order valence-electron chi connectivity index (χ2n) is 8.27. The van der Waals surface area contributed by atoms with Crippen molar-refractivity contribution < 1.29 is 13.2 Å². The second-order valence-corrected chi connectivity index (χ2v) is 8.27. The Balaban J connectivity index is 1.61. The predicted octanol–water partition coefficient (Wildman–Crippen LogP) is 3.86. The minimum atomic E-state index is -4.15. The van der Waals surface area contributed by atoms with Crippen molar-refractivity contribution in [3.05, 3.63) is 59.6 Å². The molecule has 5 nitrogen and oxygen atoms in total. The molecule has 168 valence electrons. The van der Waals surface area contributed by atoms with Crippen LogP contribution in [-0.2, 0) is 0 Å². The lowest BCUT2D eigenvalue weighted by Crippen LogP contribution is -2.30. The van der Waals surface area contributed by atoms with Gasteiger partial charge in [-0.3, -0.25) is 4.99 Å². The van der Waals surface area contributed by atoms with Crippen LogP contribution >= 0.6 is 0 Å². The fourth-order valence-corrected chi connectivity index (χ4v) is 4.10. The molecule has 8 heteroatoms. The number of nitrogens with one attached hydrogen (secondary N) is 1. The summed E-state index contributed by atoms with van der Waals surface area (Å²) in [7, 11) is 0. The Labute approximate surface area is 181 Å². The molecule has 5 N–H and O–H groups in total. The lowest BCUT2D eigenvalue weighted by molar-refractivity contribution is -0.142. The van der Waals surface area contributed by atoms with Crippen LogP contribution in [0.2, 0.25) is 0 Å². The van der Waals surface area contributed by atoms with Crippen LogP contribution in [0.3, 0.4) is 0 Å². The van der Waals surface area contributed by atoms with Crippen LogP contribution in [0.4, 0.5) is 18.9 Å². The summed E-state index contributed by atoms with van der Waals surface area (Å²) in [6.07, 6.45) is 1.69. The van der Waals surface area contributed by atoms with Crippen LogP contribution in [0.15, 0.2) is 53.4 Å². The highest BCUT2D eigenvalue weighted by atomic mass is 19.4. The van der Waals surface area contributed by atoms with Gasteiger partial charge in [0, 0.05) is 55.6 Å². The van der Waals surface area contributed by atoms with E-state index in [-0.39, 0.29) is 6.04 Å². The molecule has 3 rings (SSSR count). The SMILES string of the molecule is C=C1CC(CC(F)(F)F)CN1c1ccc(C2=CCC(CNC/C(N)=C/N)N=C2)cc1C. The Hall–Kier alpha value is -2.74. The van der Waals surface area contributed by atoms with Gasteiger partial charge in [0.15, 0.2) is 0 Å². The summed E-state index contributed by atoms with van der Waals surface area (Å²) in [4.78, 5) is 6.54. The van der Waals surface area contributed by atoms with Gasteiger partial charge in [-0.15, -0.1) is 0 Å². The average molecular weight is 434 g/mol. The fraction of sp³-hybridized carbons (Fsp3) is 0.435. The van der Waals surface area contributed by atoms with Gasteiger partial charge in [-0.2, -0.15) is 13.2 Å². The van der Waals surface area contributed by atoms with Gasteiger partial charge in [0.2, 0.25) is 0 Å². The molecule has 1 aromatic carbocycles. The number of nitrogens with zero attached hydrogens (tertiary/aromatic N) is 2. The van der Waals surface area contributed by atoms with Gasteiger partial charge in [-0.05, 0) is 54.5 Å². The monoisotopic (exact) mass is 433 g/mol. The molecule has 2 heterocycles. The van der Waals surface area contributed by atoms with Gasteiger partial charge in [-0.1, -0.05) is 18.7 Å². The Morgan fingerprint density at radius 1 is 1.39 bits per heavy atom. The third-order valence-electron chi connectivity index (χ3n) is 5.65. The fourth-order valence-electron chi connectivity index (χ4n) is 4.10. The van der Waals surface area contributed by atoms with Gasteiger partial charge in [0.05, 0.1) is 6.04 Å². The molecular formula is C23H30F3N5. The third kappa shape index (κ3) is 6.13. The minimum Gasteiger partial charge on any atom is -0.403 e. The summed E-state index contributed by atoms with van der Waals surface area (Å²) in [6.45, 7) is 7.57. The largest absolute Gasteiger partial charge is 0.403 e. The van der Waals surface area contributed by atoms with Crippen molar-refractivity contribution in [2.75, 3.05) is 24.5 Å². The number of nitrogens with two attached hydrogens (primary N) is 2. The molecule has 1 fully saturated rings. The zero-order valence-corrected chi connectivity index (χ0v) is 17.8. The quantitative estimate of drug-likeness (QED) is 0.610. The minimum absolute atomic E-state index is 0.146. The average Bonchev–Trinajstić information content (AvgIpc) is 3.06. The molecule has 31 heavy (non-hydrogen) atoms. The Kier molecular flexibility index (Phi) is 7.10. The molecule has 2 unspecified atom stereocenters. The standard InChI is InChI=1S/C23H30F3N5/c1-15-7-18(19-3-5-21(30-11-19)13-29-12-20(28)10-27)4-6-22(15)31-14-17(8-16(31)2)9-23(24,25)26/h3-4,6-7,10-11,17,21,29H,2,5,8-9,12-14,27-28H2,1H3/b20-10-. The smallest absolute Gasteiger partial charge is 0.389 e. The number of rotatable bonds is 7. The highest BCUT2D eigenvalue weighted by molar-refractivity contribution is 6.10. The molecule has 1 aromatic rings. The number of alkyl halides is 3. The number of aliphatic imine (C=N–C) groups is 1. The molecule has 0 aliphatic carbocycles. The maximum Gasteiger partial charge on any atom is 0.389 e. The van der Waals surface area contributed by atoms with Crippen LogP contribution in [0, 0.1) is 12.8 Å². The van der Waals surface area contributed by atoms with Crippen LogP contribution in [0.1, 0.15) is 30.4 Å². The topological polar surface area (TPSA) is 79.7 Å². The van der Waals surface area contributed by atoms with Crippen LogP contribution in [0.25, 0.3) is 5.57 Å². The Bertz CT molecular complexity index is 901. The molecule has 0 radical (unpaired) electrons. The molecule has 2 aliphatic heterocycles. The van der Waals surface area contributed by atoms with E-state index >= 15 is 0 Å². The summed E-state index contributed by atoms with van der Waals surface area (Å²) >= 11 is 0. The van der Waals surface area contributed by atoms with E-state index in [0.29, 0.717) is 31.8 Å². The maximum absolute atomic E-state index is 12.8. The van der Waals surface area contributed by atoms with Gasteiger partial charge in [-0.25, -0.2) is 0 Å². The number of aryl methyl sites for hydroxylation is 1. The van der Waals surface area contributed by atoms with Crippen molar-refractivity contribution in [2.45, 2.75) is 38.4 Å². The van der Waals surface area contributed by atoms with Gasteiger partial charge >= 0.3 is 6.18 Å². The van der Waals surface area contributed by atoms with E-state index in [1.165, 1.54) is 6.20 Å². The van der Waals surface area contributed by atoms with Crippen molar-refractivity contribution in [2.24, 2.45) is 22.4 Å². The number of hydrogen-bond acceptors (Lipinski definition) is 5. The number of benzene rings is 1. The van der Waals surface area contributed by atoms with Crippen molar-refractivity contribution in [1.82, 2.24) is 5.32 Å². The lowest BCUT2D eigenvalue weighted by Gasteiger charge is -2.23. The van der Waals surface area contributed by atoms with E-state index in [1.54, 1.807) is 0 Å². The molecule has 0 saturated carbocycles.